The summed E-state index contributed by atoms with van der Waals surface area (Å²) in [6, 6.07) is 0. The monoisotopic (exact) mass is 278 g/mol. The molecule has 0 radical (unpaired) electrons. The summed E-state index contributed by atoms with van der Waals surface area (Å²) in [5.41, 5.74) is 4.97. The number of nitrogen functional groups attached to an aromatic ring is 1. The highest BCUT2D eigenvalue weighted by molar-refractivity contribution is 8.00. The second-order valence-electron chi connectivity index (χ2n) is 3.15. The largest absolute Gasteiger partial charge is 0.378 e. The Morgan fingerprint density at radius 2 is 2.18 bits per heavy atom. The Bertz CT molecular complexity index is 531. The van der Waals surface area contributed by atoms with Crippen LogP contribution in [-0.2, 0) is 9.84 Å². The van der Waals surface area contributed by atoms with Gasteiger partial charge in [-0.15, -0.1) is 0 Å². The number of nitrogens with two attached hydrogens (primary N) is 1. The molecule has 0 aliphatic carbocycles. The molecule has 10 heteroatoms. The summed E-state index contributed by atoms with van der Waals surface area (Å²) >= 11 is 0.964. The van der Waals surface area contributed by atoms with Crippen molar-refractivity contribution in [2.45, 2.75) is 5.03 Å². The van der Waals surface area contributed by atoms with Gasteiger partial charge in [0.1, 0.15) is 16.2 Å². The lowest BCUT2D eigenvalue weighted by atomic mass is 10.5. The van der Waals surface area contributed by atoms with Gasteiger partial charge in [0.05, 0.1) is 10.7 Å². The number of thioether (sulfide) groups is 1. The van der Waals surface area contributed by atoms with E-state index in [1.54, 1.807) is 0 Å². The summed E-state index contributed by atoms with van der Waals surface area (Å²) in [6.45, 7) is 0. The van der Waals surface area contributed by atoms with Gasteiger partial charge >= 0.3 is 5.69 Å². The molecule has 0 atom stereocenters. The van der Waals surface area contributed by atoms with Gasteiger partial charge in [-0.05, 0) is 0 Å². The van der Waals surface area contributed by atoms with E-state index in [-0.39, 0.29) is 28.0 Å². The second-order valence-corrected chi connectivity index (χ2v) is 6.49. The molecule has 0 aliphatic heterocycles. The first-order chi connectivity index (χ1) is 7.81. The zero-order valence-electron chi connectivity index (χ0n) is 8.86. The van der Waals surface area contributed by atoms with Crippen molar-refractivity contribution in [2.75, 3.05) is 23.5 Å². The molecule has 17 heavy (non-hydrogen) atoms. The average molecular weight is 278 g/mol. The number of aromatic nitrogens is 2. The van der Waals surface area contributed by atoms with E-state index >= 15 is 0 Å². The van der Waals surface area contributed by atoms with Crippen LogP contribution in [0.15, 0.2) is 11.4 Å². The number of rotatable bonds is 5. The molecule has 0 aromatic carbocycles. The number of nitrogens with zero attached hydrogens (tertiary/aromatic N) is 3. The third-order valence-electron chi connectivity index (χ3n) is 1.69. The summed E-state index contributed by atoms with van der Waals surface area (Å²) in [7, 11) is -3.10. The van der Waals surface area contributed by atoms with Crippen molar-refractivity contribution in [3.05, 3.63) is 16.4 Å². The molecule has 0 saturated carbocycles. The molecule has 1 aromatic heterocycles. The highest BCUT2D eigenvalue weighted by Gasteiger charge is 2.21. The summed E-state index contributed by atoms with van der Waals surface area (Å²) in [6.07, 6.45) is 2.20. The minimum atomic E-state index is -3.10. The van der Waals surface area contributed by atoms with Gasteiger partial charge in [-0.3, -0.25) is 10.1 Å². The van der Waals surface area contributed by atoms with Gasteiger partial charge in [-0.2, -0.15) is 0 Å². The lowest BCUT2D eigenvalue weighted by Crippen LogP contribution is -2.06. The Balaban J connectivity index is 2.85. The van der Waals surface area contributed by atoms with Crippen molar-refractivity contribution in [1.82, 2.24) is 9.97 Å². The standard InChI is InChI=1S/C7H10N4O4S2/c1-17(14,15)3-2-16-7-5(11(12)13)6(8)9-4-10-7/h4H,2-3H2,1H3,(H2,8,9,10). The molecule has 0 bridgehead atoms. The first kappa shape index (κ1) is 13.6. The fourth-order valence-electron chi connectivity index (χ4n) is 0.942. The smallest absolute Gasteiger partial charge is 0.343 e. The zero-order valence-corrected chi connectivity index (χ0v) is 10.5. The molecule has 0 fully saturated rings. The Morgan fingerprint density at radius 3 is 2.71 bits per heavy atom. The molecule has 0 amide bonds. The number of nitro groups is 1. The second kappa shape index (κ2) is 5.27. The Kier molecular flexibility index (Phi) is 4.23. The van der Waals surface area contributed by atoms with E-state index in [4.69, 9.17) is 5.73 Å². The molecule has 0 spiro atoms. The van der Waals surface area contributed by atoms with Gasteiger partial charge in [0, 0.05) is 12.0 Å². The third kappa shape index (κ3) is 4.15. The molecule has 2 N–H and O–H groups in total. The number of sulfone groups is 1. The van der Waals surface area contributed by atoms with Crippen LogP contribution < -0.4 is 5.73 Å². The van der Waals surface area contributed by atoms with Gasteiger partial charge in [0.15, 0.2) is 5.03 Å². The van der Waals surface area contributed by atoms with E-state index < -0.39 is 14.8 Å². The van der Waals surface area contributed by atoms with E-state index in [1.807, 2.05) is 0 Å². The Hall–Kier alpha value is -1.42. The molecule has 0 unspecified atom stereocenters. The number of anilines is 1. The summed E-state index contributed by atoms with van der Waals surface area (Å²) in [4.78, 5) is 17.3. The molecular formula is C7H10N4O4S2. The minimum Gasteiger partial charge on any atom is -0.378 e. The average Bonchev–Trinajstić information content (AvgIpc) is 2.14. The zero-order chi connectivity index (χ0) is 13.1. The topological polar surface area (TPSA) is 129 Å². The van der Waals surface area contributed by atoms with Crippen LogP contribution in [0, 0.1) is 10.1 Å². The normalized spacial score (nSPS) is 11.4. The predicted octanol–water partition coefficient (Wildman–Crippen LogP) is 0.104. The fourth-order valence-corrected chi connectivity index (χ4v) is 3.12. The van der Waals surface area contributed by atoms with Crippen LogP contribution in [-0.4, -0.2) is 41.1 Å². The highest BCUT2D eigenvalue weighted by Crippen LogP contribution is 2.30. The first-order valence-corrected chi connectivity index (χ1v) is 7.41. The number of hydrogen-bond acceptors (Lipinski definition) is 8. The number of hydrogen-bond donors (Lipinski definition) is 1. The van der Waals surface area contributed by atoms with Crippen molar-refractivity contribution >= 4 is 33.1 Å². The highest BCUT2D eigenvalue weighted by atomic mass is 32.2. The van der Waals surface area contributed by atoms with Crippen LogP contribution in [0.1, 0.15) is 0 Å². The fraction of sp³-hybridized carbons (Fsp3) is 0.429. The van der Waals surface area contributed by atoms with E-state index in [0.717, 1.165) is 24.3 Å². The van der Waals surface area contributed by atoms with Crippen LogP contribution >= 0.6 is 11.8 Å². The first-order valence-electron chi connectivity index (χ1n) is 4.36. The summed E-state index contributed by atoms with van der Waals surface area (Å²) in [5.74, 6) is -0.138. The summed E-state index contributed by atoms with van der Waals surface area (Å²) in [5, 5.41) is 10.8. The molecule has 94 valence electrons. The van der Waals surface area contributed by atoms with Crippen molar-refractivity contribution in [1.29, 1.82) is 0 Å². The van der Waals surface area contributed by atoms with Gasteiger partial charge in [0.25, 0.3) is 0 Å². The molecular weight excluding hydrogens is 268 g/mol. The maximum absolute atomic E-state index is 10.9. The van der Waals surface area contributed by atoms with Crippen LogP contribution in [0.3, 0.4) is 0 Å². The van der Waals surface area contributed by atoms with Crippen molar-refractivity contribution in [2.24, 2.45) is 0 Å². The maximum atomic E-state index is 10.9. The molecule has 1 heterocycles. The third-order valence-corrected chi connectivity index (χ3v) is 3.88. The lowest BCUT2D eigenvalue weighted by Gasteiger charge is -2.02. The molecule has 1 aromatic rings. The van der Waals surface area contributed by atoms with Crippen LogP contribution in [0.4, 0.5) is 11.5 Å². The lowest BCUT2D eigenvalue weighted by molar-refractivity contribution is -0.387. The Morgan fingerprint density at radius 1 is 1.53 bits per heavy atom. The van der Waals surface area contributed by atoms with E-state index in [2.05, 4.69) is 9.97 Å². The van der Waals surface area contributed by atoms with Crippen LogP contribution in [0.2, 0.25) is 0 Å². The molecule has 0 saturated heterocycles. The molecule has 8 nitrogen and oxygen atoms in total. The Labute approximate surface area is 102 Å². The maximum Gasteiger partial charge on any atom is 0.343 e. The van der Waals surface area contributed by atoms with Crippen molar-refractivity contribution in [3.63, 3.8) is 0 Å². The quantitative estimate of drug-likeness (QED) is 0.347. The predicted molar refractivity (Wildman–Crippen MR) is 63.5 cm³/mol. The van der Waals surface area contributed by atoms with E-state index in [9.17, 15) is 18.5 Å². The van der Waals surface area contributed by atoms with Crippen LogP contribution in [0.25, 0.3) is 0 Å². The van der Waals surface area contributed by atoms with Crippen molar-refractivity contribution < 1.29 is 13.3 Å². The van der Waals surface area contributed by atoms with Crippen molar-refractivity contribution in [3.8, 4) is 0 Å². The van der Waals surface area contributed by atoms with Gasteiger partial charge < -0.3 is 5.73 Å². The van der Waals surface area contributed by atoms with E-state index in [0.29, 0.717) is 0 Å². The van der Waals surface area contributed by atoms with Crippen LogP contribution in [0.5, 0.6) is 0 Å². The molecule has 0 aliphatic rings. The van der Waals surface area contributed by atoms with Gasteiger partial charge in [0.2, 0.25) is 5.82 Å². The van der Waals surface area contributed by atoms with Gasteiger partial charge in [-0.25, -0.2) is 18.4 Å². The van der Waals surface area contributed by atoms with E-state index in [1.165, 1.54) is 0 Å². The SMILES string of the molecule is CS(=O)(=O)CCSc1ncnc(N)c1[N+](=O)[O-]. The minimum absolute atomic E-state index is 0.0751. The van der Waals surface area contributed by atoms with Gasteiger partial charge in [-0.1, -0.05) is 11.8 Å². The molecule has 1 rings (SSSR count). The summed E-state index contributed by atoms with van der Waals surface area (Å²) < 4.78 is 21.8.